The molecule has 1 radical (unpaired) electrons. The van der Waals surface area contributed by atoms with Gasteiger partial charge in [-0.15, -0.1) is 0 Å². The van der Waals surface area contributed by atoms with Gasteiger partial charge in [-0.2, -0.15) is 12.3 Å². The van der Waals surface area contributed by atoms with Crippen LogP contribution in [0.1, 0.15) is 32.6 Å². The molecule has 0 aromatic rings. The standard InChI is InChI=1S/C14H19.Y/c1-2-3-4-7-12-8-5-9-13-10-6-11-14(12)13;/h2-4,7-8,10,13-14H,5-6,9,11H2,1H3;/q-1;/b3-2-,7-4-;. The zero-order chi connectivity index (χ0) is 9.80. The van der Waals surface area contributed by atoms with Crippen molar-refractivity contribution in [3.8, 4) is 0 Å². The zero-order valence-electron chi connectivity index (χ0n) is 9.52. The molecule has 0 heterocycles. The van der Waals surface area contributed by atoms with Crippen molar-refractivity contribution in [1.29, 1.82) is 0 Å². The molecule has 2 atom stereocenters. The molecule has 0 aromatic carbocycles. The minimum absolute atomic E-state index is 0. The molecule has 0 amide bonds. The molecular weight excluding hydrogens is 257 g/mol. The minimum Gasteiger partial charge on any atom is -0.325 e. The van der Waals surface area contributed by atoms with Crippen LogP contribution in [0.3, 0.4) is 0 Å². The van der Waals surface area contributed by atoms with Crippen LogP contribution in [0.5, 0.6) is 0 Å². The third-order valence-electron chi connectivity index (χ3n) is 3.36. The van der Waals surface area contributed by atoms with Gasteiger partial charge >= 0.3 is 0 Å². The van der Waals surface area contributed by atoms with E-state index in [1.54, 1.807) is 5.57 Å². The maximum Gasteiger partial charge on any atom is 0 e. The fraction of sp³-hybridized carbons (Fsp3) is 0.500. The average molecular weight is 276 g/mol. The Hall–Kier alpha value is 0.324. The van der Waals surface area contributed by atoms with E-state index < -0.39 is 0 Å². The van der Waals surface area contributed by atoms with Crippen LogP contribution in [0.25, 0.3) is 0 Å². The van der Waals surface area contributed by atoms with E-state index in [9.17, 15) is 0 Å². The summed E-state index contributed by atoms with van der Waals surface area (Å²) in [5, 5.41) is 0. The first kappa shape index (κ1) is 13.4. The minimum atomic E-state index is 0. The van der Waals surface area contributed by atoms with Crippen LogP contribution < -0.4 is 0 Å². The van der Waals surface area contributed by atoms with Crippen molar-refractivity contribution in [3.63, 3.8) is 0 Å². The molecule has 0 N–H and O–H groups in total. The fourth-order valence-corrected chi connectivity index (χ4v) is 2.66. The second-order valence-corrected chi connectivity index (χ2v) is 4.25. The van der Waals surface area contributed by atoms with Crippen molar-refractivity contribution in [2.75, 3.05) is 0 Å². The summed E-state index contributed by atoms with van der Waals surface area (Å²) in [5.74, 6) is 1.72. The van der Waals surface area contributed by atoms with Crippen molar-refractivity contribution in [3.05, 3.63) is 42.4 Å². The van der Waals surface area contributed by atoms with Crippen LogP contribution in [0.2, 0.25) is 0 Å². The molecule has 0 bridgehead atoms. The summed E-state index contributed by atoms with van der Waals surface area (Å²) in [6.45, 7) is 2.06. The SMILES string of the molecule is C/C=C\C=C/C1=CCCC2[CH-]CCC12.[Y]. The van der Waals surface area contributed by atoms with E-state index in [-0.39, 0.29) is 32.7 Å². The van der Waals surface area contributed by atoms with E-state index in [2.05, 4.69) is 43.7 Å². The molecule has 1 saturated carbocycles. The Morgan fingerprint density at radius 3 is 3.00 bits per heavy atom. The quantitative estimate of drug-likeness (QED) is 0.527. The van der Waals surface area contributed by atoms with E-state index >= 15 is 0 Å². The molecule has 0 spiro atoms. The van der Waals surface area contributed by atoms with Crippen LogP contribution in [0.15, 0.2) is 36.0 Å². The molecule has 2 unspecified atom stereocenters. The van der Waals surface area contributed by atoms with Gasteiger partial charge in [0.1, 0.15) is 0 Å². The molecule has 2 rings (SSSR count). The molecule has 2 aliphatic rings. The number of hydrogen-bond donors (Lipinski definition) is 0. The van der Waals surface area contributed by atoms with Crippen LogP contribution >= 0.6 is 0 Å². The van der Waals surface area contributed by atoms with Crippen molar-refractivity contribution in [2.45, 2.75) is 32.6 Å². The number of fused-ring (bicyclic) bond motifs is 1. The van der Waals surface area contributed by atoms with Crippen LogP contribution in [0.4, 0.5) is 0 Å². The van der Waals surface area contributed by atoms with Gasteiger partial charge in [-0.05, 0) is 19.3 Å². The summed E-state index contributed by atoms with van der Waals surface area (Å²) in [5.41, 5.74) is 1.58. The number of hydrogen-bond acceptors (Lipinski definition) is 0. The summed E-state index contributed by atoms with van der Waals surface area (Å²) in [4.78, 5) is 0. The van der Waals surface area contributed by atoms with Gasteiger partial charge in [0.05, 0.1) is 0 Å². The van der Waals surface area contributed by atoms with E-state index in [0.717, 1.165) is 11.8 Å². The normalized spacial score (nSPS) is 30.3. The van der Waals surface area contributed by atoms with Gasteiger partial charge in [-0.1, -0.05) is 48.8 Å². The van der Waals surface area contributed by atoms with Gasteiger partial charge in [-0.25, -0.2) is 0 Å². The molecule has 0 aromatic heterocycles. The zero-order valence-corrected chi connectivity index (χ0v) is 12.4. The van der Waals surface area contributed by atoms with Gasteiger partial charge in [-0.3, -0.25) is 0 Å². The maximum absolute atomic E-state index is 2.53. The maximum atomic E-state index is 2.53. The van der Waals surface area contributed by atoms with Crippen LogP contribution in [-0.2, 0) is 32.7 Å². The third kappa shape index (κ3) is 3.39. The summed E-state index contributed by atoms with van der Waals surface area (Å²) >= 11 is 0. The second-order valence-electron chi connectivity index (χ2n) is 4.25. The van der Waals surface area contributed by atoms with Gasteiger partial charge in [0.15, 0.2) is 0 Å². The van der Waals surface area contributed by atoms with Gasteiger partial charge < -0.3 is 6.42 Å². The van der Waals surface area contributed by atoms with Crippen molar-refractivity contribution in [1.82, 2.24) is 0 Å². The predicted octanol–water partition coefficient (Wildman–Crippen LogP) is 4.07. The van der Waals surface area contributed by atoms with E-state index in [4.69, 9.17) is 0 Å². The molecule has 2 aliphatic carbocycles. The topological polar surface area (TPSA) is 0 Å². The first-order valence-electron chi connectivity index (χ1n) is 5.74. The largest absolute Gasteiger partial charge is 0.325 e. The summed E-state index contributed by atoms with van der Waals surface area (Å²) in [6.07, 6.45) is 19.0. The first-order chi connectivity index (χ1) is 6.92. The second kappa shape index (κ2) is 6.81. The molecule has 79 valence electrons. The fourth-order valence-electron chi connectivity index (χ4n) is 2.66. The molecule has 15 heavy (non-hydrogen) atoms. The number of rotatable bonds is 2. The molecule has 1 fully saturated rings. The summed E-state index contributed by atoms with van der Waals surface area (Å²) < 4.78 is 0. The van der Waals surface area contributed by atoms with E-state index in [1.165, 1.54) is 25.7 Å². The van der Waals surface area contributed by atoms with Crippen molar-refractivity contribution in [2.24, 2.45) is 11.8 Å². The smallest absolute Gasteiger partial charge is 0 e. The van der Waals surface area contributed by atoms with Gasteiger partial charge in [0.2, 0.25) is 0 Å². The Morgan fingerprint density at radius 2 is 2.20 bits per heavy atom. The van der Waals surface area contributed by atoms with Crippen LogP contribution in [-0.4, -0.2) is 0 Å². The first-order valence-corrected chi connectivity index (χ1v) is 5.74. The predicted molar refractivity (Wildman–Crippen MR) is 61.8 cm³/mol. The Bertz CT molecular complexity index is 273. The summed E-state index contributed by atoms with van der Waals surface area (Å²) in [6, 6.07) is 0. The Balaban J connectivity index is 0.00000112. The summed E-state index contributed by atoms with van der Waals surface area (Å²) in [7, 11) is 0. The van der Waals surface area contributed by atoms with Crippen molar-refractivity contribution < 1.29 is 32.7 Å². The van der Waals surface area contributed by atoms with E-state index in [1.807, 2.05) is 0 Å². The van der Waals surface area contributed by atoms with E-state index in [0.29, 0.717) is 0 Å². The Labute approximate surface area is 119 Å². The van der Waals surface area contributed by atoms with Crippen LogP contribution in [0, 0.1) is 18.3 Å². The Morgan fingerprint density at radius 1 is 1.33 bits per heavy atom. The molecule has 0 aliphatic heterocycles. The average Bonchev–Trinajstić information content (AvgIpc) is 2.67. The molecule has 1 heteroatoms. The molecule has 0 nitrogen and oxygen atoms in total. The number of allylic oxidation sites excluding steroid dienone is 6. The van der Waals surface area contributed by atoms with Gasteiger partial charge in [0.25, 0.3) is 0 Å². The Kier molecular flexibility index (Phi) is 6.08. The monoisotopic (exact) mass is 276 g/mol. The van der Waals surface area contributed by atoms with Gasteiger partial charge in [0, 0.05) is 32.7 Å². The van der Waals surface area contributed by atoms with Crippen molar-refractivity contribution >= 4 is 0 Å². The molecular formula is C14H19Y-. The third-order valence-corrected chi connectivity index (χ3v) is 3.36. The molecule has 0 saturated heterocycles.